The molecule has 0 aromatic heterocycles. The van der Waals surface area contributed by atoms with Crippen molar-refractivity contribution < 1.29 is 13.9 Å². The topological polar surface area (TPSA) is 55.6 Å². The molecule has 1 aromatic carbocycles. The highest BCUT2D eigenvalue weighted by Crippen LogP contribution is 2.22. The van der Waals surface area contributed by atoms with E-state index in [-0.39, 0.29) is 24.4 Å². The number of halogens is 3. The summed E-state index contributed by atoms with van der Waals surface area (Å²) in [5.74, 6) is -0.539. The average molecular weight is 396 g/mol. The monoisotopic (exact) mass is 394 g/mol. The summed E-state index contributed by atoms with van der Waals surface area (Å²) in [4.78, 5) is 14.2. The van der Waals surface area contributed by atoms with E-state index in [1.165, 1.54) is 12.1 Å². The number of piperidine rings is 1. The predicted molar refractivity (Wildman–Crippen MR) is 89.9 cm³/mol. The minimum atomic E-state index is -0.401. The lowest BCUT2D eigenvalue weighted by Gasteiger charge is -2.32. The number of benzene rings is 1. The number of amides is 1. The second kappa shape index (κ2) is 9.45. The normalized spacial score (nSPS) is 15.5. The smallest absolute Gasteiger partial charge is 0.255 e. The molecule has 124 valence electrons. The van der Waals surface area contributed by atoms with Gasteiger partial charge >= 0.3 is 0 Å². The van der Waals surface area contributed by atoms with Crippen molar-refractivity contribution in [2.24, 2.45) is 5.73 Å². The number of nitrogens with two attached hydrogens (primary N) is 1. The largest absolute Gasteiger partial charge is 0.378 e. The number of hydrogen-bond acceptors (Lipinski definition) is 3. The Morgan fingerprint density at radius 2 is 2.09 bits per heavy atom. The molecule has 1 fully saturated rings. The van der Waals surface area contributed by atoms with Crippen LogP contribution in [0.25, 0.3) is 0 Å². The lowest BCUT2D eigenvalue weighted by Crippen LogP contribution is -2.41. The fraction of sp³-hybridized carbons (Fsp3) is 0.533. The Bertz CT molecular complexity index is 496. The van der Waals surface area contributed by atoms with Gasteiger partial charge in [0.05, 0.1) is 11.7 Å². The summed E-state index contributed by atoms with van der Waals surface area (Å²) in [5, 5.41) is 0. The molecule has 22 heavy (non-hydrogen) atoms. The summed E-state index contributed by atoms with van der Waals surface area (Å²) in [5.41, 5.74) is 5.80. The van der Waals surface area contributed by atoms with Crippen molar-refractivity contribution in [3.63, 3.8) is 0 Å². The van der Waals surface area contributed by atoms with Crippen LogP contribution < -0.4 is 5.73 Å². The minimum absolute atomic E-state index is 0. The van der Waals surface area contributed by atoms with E-state index >= 15 is 0 Å². The molecule has 1 aliphatic heterocycles. The summed E-state index contributed by atoms with van der Waals surface area (Å²) >= 11 is 3.30. The van der Waals surface area contributed by atoms with Crippen LogP contribution in [0.15, 0.2) is 22.7 Å². The average Bonchev–Trinajstić information content (AvgIpc) is 2.50. The van der Waals surface area contributed by atoms with E-state index < -0.39 is 5.82 Å². The Labute approximate surface area is 144 Å². The van der Waals surface area contributed by atoms with Crippen molar-refractivity contribution in [2.75, 3.05) is 26.2 Å². The van der Waals surface area contributed by atoms with Gasteiger partial charge in [0.25, 0.3) is 5.91 Å². The van der Waals surface area contributed by atoms with Gasteiger partial charge in [-0.15, -0.1) is 12.4 Å². The fourth-order valence-electron chi connectivity index (χ4n) is 2.39. The highest BCUT2D eigenvalue weighted by molar-refractivity contribution is 9.10. The van der Waals surface area contributed by atoms with E-state index in [1.807, 2.05) is 0 Å². The molecule has 4 nitrogen and oxygen atoms in total. The van der Waals surface area contributed by atoms with Crippen LogP contribution in [-0.4, -0.2) is 43.2 Å². The summed E-state index contributed by atoms with van der Waals surface area (Å²) in [6.07, 6.45) is 2.67. The van der Waals surface area contributed by atoms with Crippen molar-refractivity contribution in [2.45, 2.75) is 25.4 Å². The van der Waals surface area contributed by atoms with E-state index in [4.69, 9.17) is 10.5 Å². The molecule has 1 aliphatic rings. The first kappa shape index (κ1) is 19.4. The molecule has 1 heterocycles. The Kier molecular flexibility index (Phi) is 8.31. The highest BCUT2D eigenvalue weighted by atomic mass is 79.9. The summed E-state index contributed by atoms with van der Waals surface area (Å²) in [6.45, 7) is 2.57. The molecule has 0 radical (unpaired) electrons. The minimum Gasteiger partial charge on any atom is -0.378 e. The molecule has 0 unspecified atom stereocenters. The third-order valence-electron chi connectivity index (χ3n) is 3.59. The quantitative estimate of drug-likeness (QED) is 0.780. The van der Waals surface area contributed by atoms with Gasteiger partial charge in [0.1, 0.15) is 5.82 Å². The van der Waals surface area contributed by atoms with Crippen molar-refractivity contribution in [3.8, 4) is 0 Å². The van der Waals surface area contributed by atoms with Crippen molar-refractivity contribution in [1.29, 1.82) is 0 Å². The maximum absolute atomic E-state index is 13.3. The first-order chi connectivity index (χ1) is 10.1. The summed E-state index contributed by atoms with van der Waals surface area (Å²) < 4.78 is 19.6. The summed E-state index contributed by atoms with van der Waals surface area (Å²) in [7, 11) is 0. The Morgan fingerprint density at radius 3 is 2.73 bits per heavy atom. The molecule has 0 saturated carbocycles. The Hall–Kier alpha value is -0.690. The maximum Gasteiger partial charge on any atom is 0.255 e. The van der Waals surface area contributed by atoms with Crippen LogP contribution in [-0.2, 0) is 4.74 Å². The standard InChI is InChI=1S/C15H20BrFN2O2.ClH/c16-14-3-2-11(17)10-13(14)15(20)19-7-4-12(5-8-19)21-9-1-6-18;/h2-3,10,12H,1,4-9,18H2;1H. The van der Waals surface area contributed by atoms with Crippen LogP contribution in [0.1, 0.15) is 29.6 Å². The van der Waals surface area contributed by atoms with E-state index in [1.54, 1.807) is 11.0 Å². The lowest BCUT2D eigenvalue weighted by atomic mass is 10.1. The van der Waals surface area contributed by atoms with Crippen molar-refractivity contribution in [1.82, 2.24) is 4.90 Å². The number of nitrogens with zero attached hydrogens (tertiary/aromatic N) is 1. The molecule has 0 spiro atoms. The zero-order valence-electron chi connectivity index (χ0n) is 12.3. The van der Waals surface area contributed by atoms with Crippen LogP contribution in [0.2, 0.25) is 0 Å². The van der Waals surface area contributed by atoms with E-state index in [0.29, 0.717) is 36.3 Å². The molecule has 2 N–H and O–H groups in total. The Balaban J connectivity index is 0.00000242. The third-order valence-corrected chi connectivity index (χ3v) is 4.28. The van der Waals surface area contributed by atoms with Gasteiger partial charge < -0.3 is 15.4 Å². The van der Waals surface area contributed by atoms with Gasteiger partial charge in [0.15, 0.2) is 0 Å². The zero-order chi connectivity index (χ0) is 15.2. The number of carbonyl (C=O) groups excluding carboxylic acids is 1. The van der Waals surface area contributed by atoms with Crippen LogP contribution in [0, 0.1) is 5.82 Å². The second-order valence-corrected chi connectivity index (χ2v) is 5.98. The summed E-state index contributed by atoms with van der Waals surface area (Å²) in [6, 6.07) is 4.17. The SMILES string of the molecule is Cl.NCCCOC1CCN(C(=O)c2cc(F)ccc2Br)CC1. The second-order valence-electron chi connectivity index (χ2n) is 5.13. The molecular weight excluding hydrogens is 375 g/mol. The number of carbonyl (C=O) groups is 1. The van der Waals surface area contributed by atoms with Crippen molar-refractivity contribution in [3.05, 3.63) is 34.1 Å². The molecule has 1 amide bonds. The van der Waals surface area contributed by atoms with Gasteiger partial charge in [-0.3, -0.25) is 4.79 Å². The first-order valence-electron chi connectivity index (χ1n) is 7.18. The van der Waals surface area contributed by atoms with Gasteiger partial charge in [-0.1, -0.05) is 0 Å². The van der Waals surface area contributed by atoms with Gasteiger partial charge in [-0.05, 0) is 59.9 Å². The molecule has 1 aromatic rings. The fourth-order valence-corrected chi connectivity index (χ4v) is 2.81. The van der Waals surface area contributed by atoms with Gasteiger partial charge in [-0.25, -0.2) is 4.39 Å². The van der Waals surface area contributed by atoms with E-state index in [9.17, 15) is 9.18 Å². The number of hydrogen-bond donors (Lipinski definition) is 1. The van der Waals surface area contributed by atoms with Crippen LogP contribution in [0.5, 0.6) is 0 Å². The van der Waals surface area contributed by atoms with Gasteiger partial charge in [0, 0.05) is 24.2 Å². The molecule has 0 bridgehead atoms. The van der Waals surface area contributed by atoms with E-state index in [2.05, 4.69) is 15.9 Å². The van der Waals surface area contributed by atoms with Crippen molar-refractivity contribution >= 4 is 34.2 Å². The molecule has 7 heteroatoms. The van der Waals surface area contributed by atoms with E-state index in [0.717, 1.165) is 19.3 Å². The molecule has 2 rings (SSSR count). The third kappa shape index (κ3) is 5.19. The number of ether oxygens (including phenoxy) is 1. The molecular formula is C15H21BrClFN2O2. The number of rotatable bonds is 5. The zero-order valence-corrected chi connectivity index (χ0v) is 14.7. The molecule has 0 aliphatic carbocycles. The molecule has 0 atom stereocenters. The van der Waals surface area contributed by atoms with Crippen LogP contribution in [0.3, 0.4) is 0 Å². The maximum atomic E-state index is 13.3. The number of likely N-dealkylation sites (tertiary alicyclic amines) is 1. The van der Waals surface area contributed by atoms with Gasteiger partial charge in [0.2, 0.25) is 0 Å². The lowest BCUT2D eigenvalue weighted by molar-refractivity contribution is 0.00841. The van der Waals surface area contributed by atoms with Gasteiger partial charge in [-0.2, -0.15) is 0 Å². The Morgan fingerprint density at radius 1 is 1.41 bits per heavy atom. The highest BCUT2D eigenvalue weighted by Gasteiger charge is 2.25. The van der Waals surface area contributed by atoms with Crippen LogP contribution in [0.4, 0.5) is 4.39 Å². The molecule has 1 saturated heterocycles. The predicted octanol–water partition coefficient (Wildman–Crippen LogP) is 2.98. The van der Waals surface area contributed by atoms with Crippen LogP contribution >= 0.6 is 28.3 Å². The first-order valence-corrected chi connectivity index (χ1v) is 7.97.